The summed E-state index contributed by atoms with van der Waals surface area (Å²) in [5, 5.41) is 2.79. The molecule has 0 unspecified atom stereocenters. The molecule has 0 aromatic heterocycles. The molecule has 9 heteroatoms. The standard InChI is InChI=1S/C18H24N2O6S/c1-12(14-6-7-14)20-17(21)11-26-18(22)9-5-13-4-8-15(25-3)16(10-13)27(23,24)19-2/h4-5,8-10,12,14,19H,6-7,11H2,1-3H3,(H,20,21)/b9-5+/t12-/m1/s1. The minimum absolute atomic E-state index is 0.0449. The summed E-state index contributed by atoms with van der Waals surface area (Å²) in [4.78, 5) is 23.4. The number of ether oxygens (including phenoxy) is 2. The van der Waals surface area contributed by atoms with Crippen LogP contribution in [0.1, 0.15) is 25.3 Å². The van der Waals surface area contributed by atoms with Crippen molar-refractivity contribution in [2.75, 3.05) is 20.8 Å². The summed E-state index contributed by atoms with van der Waals surface area (Å²) < 4.78 is 36.2. The van der Waals surface area contributed by atoms with Crippen LogP contribution in [-0.4, -0.2) is 47.1 Å². The Labute approximate surface area is 159 Å². The van der Waals surface area contributed by atoms with Crippen molar-refractivity contribution in [1.82, 2.24) is 10.0 Å². The van der Waals surface area contributed by atoms with Crippen LogP contribution in [-0.2, 0) is 24.3 Å². The minimum Gasteiger partial charge on any atom is -0.495 e. The molecule has 2 N–H and O–H groups in total. The Morgan fingerprint density at radius 1 is 1.33 bits per heavy atom. The lowest BCUT2D eigenvalue weighted by Crippen LogP contribution is -2.36. The Kier molecular flexibility index (Phi) is 6.98. The molecule has 2 rings (SSSR count). The van der Waals surface area contributed by atoms with Gasteiger partial charge in [-0.05, 0) is 56.5 Å². The molecule has 0 spiro atoms. The van der Waals surface area contributed by atoms with E-state index in [1.807, 2.05) is 6.92 Å². The van der Waals surface area contributed by atoms with Crippen LogP contribution in [0.2, 0.25) is 0 Å². The average molecular weight is 396 g/mol. The van der Waals surface area contributed by atoms with Crippen LogP contribution in [0.25, 0.3) is 6.08 Å². The van der Waals surface area contributed by atoms with Crippen LogP contribution >= 0.6 is 0 Å². The highest BCUT2D eigenvalue weighted by Crippen LogP contribution is 2.32. The van der Waals surface area contributed by atoms with Crippen molar-refractivity contribution < 1.29 is 27.5 Å². The monoisotopic (exact) mass is 396 g/mol. The van der Waals surface area contributed by atoms with Gasteiger partial charge in [-0.15, -0.1) is 0 Å². The van der Waals surface area contributed by atoms with Crippen LogP contribution in [0.5, 0.6) is 5.75 Å². The van der Waals surface area contributed by atoms with Gasteiger partial charge in [0.05, 0.1) is 7.11 Å². The number of rotatable bonds is 9. The van der Waals surface area contributed by atoms with E-state index in [4.69, 9.17) is 9.47 Å². The van der Waals surface area contributed by atoms with Gasteiger partial charge in [0.25, 0.3) is 5.91 Å². The molecular formula is C18H24N2O6S. The third-order valence-corrected chi connectivity index (χ3v) is 5.66. The number of carbonyl (C=O) groups is 2. The molecule has 1 aliphatic carbocycles. The maximum Gasteiger partial charge on any atom is 0.331 e. The number of hydrogen-bond acceptors (Lipinski definition) is 6. The van der Waals surface area contributed by atoms with Gasteiger partial charge in [-0.1, -0.05) is 6.07 Å². The van der Waals surface area contributed by atoms with Gasteiger partial charge in [0.2, 0.25) is 10.0 Å². The number of amides is 1. The number of esters is 1. The maximum absolute atomic E-state index is 12.0. The summed E-state index contributed by atoms with van der Waals surface area (Å²) in [5.41, 5.74) is 0.466. The minimum atomic E-state index is -3.72. The summed E-state index contributed by atoms with van der Waals surface area (Å²) in [7, 11) is -1.05. The fourth-order valence-corrected chi connectivity index (χ4v) is 3.40. The van der Waals surface area contributed by atoms with Crippen LogP contribution in [0.4, 0.5) is 0 Å². The van der Waals surface area contributed by atoms with Crippen molar-refractivity contribution in [2.45, 2.75) is 30.7 Å². The molecule has 27 heavy (non-hydrogen) atoms. The molecule has 1 amide bonds. The molecule has 0 saturated heterocycles. The van der Waals surface area contributed by atoms with Crippen LogP contribution < -0.4 is 14.8 Å². The number of methoxy groups -OCH3 is 1. The van der Waals surface area contributed by atoms with E-state index in [1.54, 1.807) is 6.07 Å². The number of hydrogen-bond donors (Lipinski definition) is 2. The Balaban J connectivity index is 1.95. The second-order valence-electron chi connectivity index (χ2n) is 6.25. The molecule has 1 aromatic carbocycles. The lowest BCUT2D eigenvalue weighted by molar-refractivity contribution is -0.144. The fraction of sp³-hybridized carbons (Fsp3) is 0.444. The second kappa shape index (κ2) is 9.01. The van der Waals surface area contributed by atoms with Gasteiger partial charge >= 0.3 is 5.97 Å². The first-order valence-corrected chi connectivity index (χ1v) is 10.0. The topological polar surface area (TPSA) is 111 Å². The lowest BCUT2D eigenvalue weighted by Gasteiger charge is -2.12. The Morgan fingerprint density at radius 3 is 2.63 bits per heavy atom. The fourth-order valence-electron chi connectivity index (χ4n) is 2.48. The van der Waals surface area contributed by atoms with E-state index in [0.29, 0.717) is 11.5 Å². The zero-order valence-electron chi connectivity index (χ0n) is 15.5. The Bertz CT molecular complexity index is 830. The first-order valence-electron chi connectivity index (χ1n) is 8.52. The first-order chi connectivity index (χ1) is 12.8. The largest absolute Gasteiger partial charge is 0.495 e. The van der Waals surface area contributed by atoms with Crippen LogP contribution in [0.15, 0.2) is 29.2 Å². The zero-order chi connectivity index (χ0) is 20.0. The molecule has 0 bridgehead atoms. The third kappa shape index (κ3) is 6.07. The Hall–Kier alpha value is -2.39. The molecule has 8 nitrogen and oxygen atoms in total. The predicted molar refractivity (Wildman–Crippen MR) is 99.6 cm³/mol. The summed E-state index contributed by atoms with van der Waals surface area (Å²) in [5.74, 6) is -0.339. The van der Waals surface area contributed by atoms with E-state index in [-0.39, 0.29) is 29.2 Å². The normalized spacial score (nSPS) is 15.4. The predicted octanol–water partition coefficient (Wildman–Crippen LogP) is 1.07. The molecule has 1 aromatic rings. The van der Waals surface area contributed by atoms with Gasteiger partial charge in [-0.25, -0.2) is 17.9 Å². The smallest absolute Gasteiger partial charge is 0.331 e. The zero-order valence-corrected chi connectivity index (χ0v) is 16.3. The molecule has 1 atom stereocenters. The van der Waals surface area contributed by atoms with Gasteiger partial charge in [0.15, 0.2) is 6.61 Å². The maximum atomic E-state index is 12.0. The summed E-state index contributed by atoms with van der Waals surface area (Å²) in [6.07, 6.45) is 4.75. The number of nitrogens with one attached hydrogen (secondary N) is 2. The molecule has 1 saturated carbocycles. The van der Waals surface area contributed by atoms with Crippen molar-refractivity contribution in [3.63, 3.8) is 0 Å². The summed E-state index contributed by atoms with van der Waals surface area (Å²) in [6.45, 7) is 1.57. The van der Waals surface area contributed by atoms with Crippen molar-refractivity contribution in [3.05, 3.63) is 29.8 Å². The highest BCUT2D eigenvalue weighted by atomic mass is 32.2. The summed E-state index contributed by atoms with van der Waals surface area (Å²) >= 11 is 0. The van der Waals surface area contributed by atoms with Crippen molar-refractivity contribution in [2.24, 2.45) is 5.92 Å². The third-order valence-electron chi connectivity index (χ3n) is 4.22. The van der Waals surface area contributed by atoms with E-state index in [1.165, 1.54) is 32.4 Å². The molecule has 0 heterocycles. The second-order valence-corrected chi connectivity index (χ2v) is 8.11. The highest BCUT2D eigenvalue weighted by molar-refractivity contribution is 7.89. The van der Waals surface area contributed by atoms with E-state index in [9.17, 15) is 18.0 Å². The number of benzene rings is 1. The van der Waals surface area contributed by atoms with Crippen molar-refractivity contribution >= 4 is 28.0 Å². The number of carbonyl (C=O) groups excluding carboxylic acids is 2. The van der Waals surface area contributed by atoms with Gasteiger partial charge in [-0.3, -0.25) is 4.79 Å². The molecular weight excluding hydrogens is 372 g/mol. The number of sulfonamides is 1. The first kappa shape index (κ1) is 20.9. The van der Waals surface area contributed by atoms with Gasteiger partial charge in [-0.2, -0.15) is 0 Å². The van der Waals surface area contributed by atoms with Crippen molar-refractivity contribution in [1.29, 1.82) is 0 Å². The Morgan fingerprint density at radius 2 is 2.04 bits per heavy atom. The molecule has 0 aliphatic heterocycles. The van der Waals surface area contributed by atoms with Gasteiger partial charge < -0.3 is 14.8 Å². The SMILES string of the molecule is CNS(=O)(=O)c1cc(/C=C/C(=O)OCC(=O)N[C@H](C)C2CC2)ccc1OC. The lowest BCUT2D eigenvalue weighted by atomic mass is 10.2. The van der Waals surface area contributed by atoms with E-state index >= 15 is 0 Å². The van der Waals surface area contributed by atoms with Gasteiger partial charge in [0.1, 0.15) is 10.6 Å². The molecule has 148 valence electrons. The highest BCUT2D eigenvalue weighted by Gasteiger charge is 2.28. The van der Waals surface area contributed by atoms with E-state index in [2.05, 4.69) is 10.0 Å². The van der Waals surface area contributed by atoms with Crippen LogP contribution in [0, 0.1) is 5.92 Å². The van der Waals surface area contributed by atoms with Crippen molar-refractivity contribution in [3.8, 4) is 5.75 Å². The molecule has 1 aliphatic rings. The quantitative estimate of drug-likeness (QED) is 0.477. The van der Waals surface area contributed by atoms with Gasteiger partial charge in [0, 0.05) is 12.1 Å². The molecule has 1 fully saturated rings. The van der Waals surface area contributed by atoms with E-state index < -0.39 is 16.0 Å². The van der Waals surface area contributed by atoms with Crippen LogP contribution in [0.3, 0.4) is 0 Å². The molecule has 0 radical (unpaired) electrons. The summed E-state index contributed by atoms with van der Waals surface area (Å²) in [6, 6.07) is 4.54. The van der Waals surface area contributed by atoms with E-state index in [0.717, 1.165) is 18.9 Å². The average Bonchev–Trinajstić information content (AvgIpc) is 3.49.